The molecule has 0 bridgehead atoms. The zero-order chi connectivity index (χ0) is 15.8. The largest absolute Gasteiger partial charge is 0.497 e. The Labute approximate surface area is 136 Å². The Hall–Kier alpha value is -2.27. The minimum absolute atomic E-state index is 0.530. The molecule has 2 rings (SSSR count). The first kappa shape index (κ1) is 16.1. The number of aryl methyl sites for hydroxylation is 1. The van der Waals surface area contributed by atoms with Gasteiger partial charge in [0, 0.05) is 5.69 Å². The molecule has 5 heteroatoms. The van der Waals surface area contributed by atoms with Crippen molar-refractivity contribution in [1.82, 2.24) is 5.32 Å². The summed E-state index contributed by atoms with van der Waals surface area (Å²) in [6, 6.07) is 15.5. The van der Waals surface area contributed by atoms with Gasteiger partial charge in [-0.1, -0.05) is 18.2 Å². The van der Waals surface area contributed by atoms with Crippen molar-refractivity contribution in [3.8, 4) is 11.5 Å². The summed E-state index contributed by atoms with van der Waals surface area (Å²) in [4.78, 5) is 0. The lowest BCUT2D eigenvalue weighted by atomic mass is 10.2. The molecule has 0 amide bonds. The van der Waals surface area contributed by atoms with Gasteiger partial charge in [0.1, 0.15) is 18.1 Å². The van der Waals surface area contributed by atoms with E-state index in [1.165, 1.54) is 0 Å². The Morgan fingerprint density at radius 2 is 1.73 bits per heavy atom. The molecule has 0 aromatic heterocycles. The summed E-state index contributed by atoms with van der Waals surface area (Å²) < 4.78 is 10.7. The van der Waals surface area contributed by atoms with Crippen LogP contribution in [0, 0.1) is 6.92 Å². The van der Waals surface area contributed by atoms with E-state index in [1.54, 1.807) is 7.11 Å². The van der Waals surface area contributed by atoms with Gasteiger partial charge in [0.15, 0.2) is 5.11 Å². The molecular formula is C17H20N2O2S. The van der Waals surface area contributed by atoms with Crippen LogP contribution in [0.5, 0.6) is 11.5 Å². The molecule has 0 radical (unpaired) electrons. The summed E-state index contributed by atoms with van der Waals surface area (Å²) in [5.41, 5.74) is 2.16. The van der Waals surface area contributed by atoms with E-state index in [4.69, 9.17) is 21.7 Å². The highest BCUT2D eigenvalue weighted by atomic mass is 32.1. The highest BCUT2D eigenvalue weighted by Gasteiger charge is 2.00. The first-order valence-corrected chi connectivity index (χ1v) is 7.47. The lowest BCUT2D eigenvalue weighted by Gasteiger charge is -2.13. The molecule has 2 aromatic carbocycles. The molecule has 0 saturated heterocycles. The number of methoxy groups -OCH3 is 1. The number of rotatable bonds is 6. The maximum absolute atomic E-state index is 5.62. The van der Waals surface area contributed by atoms with Crippen LogP contribution in [-0.2, 0) is 0 Å². The number of benzene rings is 2. The van der Waals surface area contributed by atoms with Crippen molar-refractivity contribution in [1.29, 1.82) is 0 Å². The molecule has 0 aliphatic carbocycles. The van der Waals surface area contributed by atoms with Crippen molar-refractivity contribution in [3.63, 3.8) is 0 Å². The van der Waals surface area contributed by atoms with Crippen molar-refractivity contribution in [2.75, 3.05) is 25.6 Å². The molecule has 2 N–H and O–H groups in total. The molecule has 0 spiro atoms. The molecule has 4 nitrogen and oxygen atoms in total. The predicted molar refractivity (Wildman–Crippen MR) is 93.9 cm³/mol. The summed E-state index contributed by atoms with van der Waals surface area (Å²) in [7, 11) is 1.64. The van der Waals surface area contributed by atoms with E-state index >= 15 is 0 Å². The molecule has 0 heterocycles. The number of nitrogens with one attached hydrogen (secondary N) is 2. The van der Waals surface area contributed by atoms with E-state index in [-0.39, 0.29) is 0 Å². The summed E-state index contributed by atoms with van der Waals surface area (Å²) >= 11 is 5.26. The molecule has 2 aromatic rings. The highest BCUT2D eigenvalue weighted by Crippen LogP contribution is 2.16. The third-order valence-electron chi connectivity index (χ3n) is 3.11. The van der Waals surface area contributed by atoms with Crippen LogP contribution in [0.1, 0.15) is 5.56 Å². The van der Waals surface area contributed by atoms with E-state index < -0.39 is 0 Å². The Kier molecular flexibility index (Phi) is 6.03. The second-order valence-electron chi connectivity index (χ2n) is 4.72. The first-order chi connectivity index (χ1) is 10.7. The van der Waals surface area contributed by atoms with E-state index in [0.29, 0.717) is 18.3 Å². The smallest absolute Gasteiger partial charge is 0.170 e. The van der Waals surface area contributed by atoms with E-state index in [9.17, 15) is 0 Å². The highest BCUT2D eigenvalue weighted by molar-refractivity contribution is 7.80. The second kappa shape index (κ2) is 8.24. The fourth-order valence-electron chi connectivity index (χ4n) is 1.89. The fraction of sp³-hybridized carbons (Fsp3) is 0.235. The number of para-hydroxylation sites is 1. The van der Waals surface area contributed by atoms with Crippen LogP contribution in [0.3, 0.4) is 0 Å². The van der Waals surface area contributed by atoms with Crippen LogP contribution in [0.15, 0.2) is 48.5 Å². The van der Waals surface area contributed by atoms with Crippen molar-refractivity contribution in [2.24, 2.45) is 0 Å². The Bertz CT molecular complexity index is 614. The Balaban J connectivity index is 1.69. The zero-order valence-corrected chi connectivity index (χ0v) is 13.6. The second-order valence-corrected chi connectivity index (χ2v) is 5.13. The predicted octanol–water partition coefficient (Wildman–Crippen LogP) is 3.37. The lowest BCUT2D eigenvalue weighted by molar-refractivity contribution is 0.322. The average Bonchev–Trinajstić information content (AvgIpc) is 2.54. The van der Waals surface area contributed by atoms with E-state index in [1.807, 2.05) is 55.5 Å². The van der Waals surface area contributed by atoms with Gasteiger partial charge in [0.25, 0.3) is 0 Å². The molecular weight excluding hydrogens is 296 g/mol. The third kappa shape index (κ3) is 4.93. The van der Waals surface area contributed by atoms with Crippen molar-refractivity contribution >= 4 is 23.0 Å². The topological polar surface area (TPSA) is 42.5 Å². The normalized spacial score (nSPS) is 9.91. The van der Waals surface area contributed by atoms with Gasteiger partial charge in [0.05, 0.1) is 13.7 Å². The summed E-state index contributed by atoms with van der Waals surface area (Å²) in [6.45, 7) is 3.20. The van der Waals surface area contributed by atoms with Gasteiger partial charge in [-0.25, -0.2) is 0 Å². The van der Waals surface area contributed by atoms with Gasteiger partial charge in [-0.2, -0.15) is 0 Å². The van der Waals surface area contributed by atoms with Crippen LogP contribution in [-0.4, -0.2) is 25.4 Å². The number of thiocarbonyl (C=S) groups is 1. The minimum atomic E-state index is 0.530. The van der Waals surface area contributed by atoms with Crippen molar-refractivity contribution in [2.45, 2.75) is 6.92 Å². The van der Waals surface area contributed by atoms with Gasteiger partial charge >= 0.3 is 0 Å². The van der Waals surface area contributed by atoms with Crippen LogP contribution < -0.4 is 20.1 Å². The van der Waals surface area contributed by atoms with Gasteiger partial charge in [-0.15, -0.1) is 0 Å². The Morgan fingerprint density at radius 3 is 2.41 bits per heavy atom. The first-order valence-electron chi connectivity index (χ1n) is 7.06. The maximum atomic E-state index is 5.62. The lowest BCUT2D eigenvalue weighted by Crippen LogP contribution is -2.32. The molecule has 0 saturated carbocycles. The van der Waals surface area contributed by atoms with Gasteiger partial charge in [0.2, 0.25) is 0 Å². The van der Waals surface area contributed by atoms with Gasteiger partial charge in [-0.05, 0) is 55.0 Å². The molecule has 116 valence electrons. The molecule has 0 aliphatic rings. The Morgan fingerprint density at radius 1 is 1.05 bits per heavy atom. The van der Waals surface area contributed by atoms with Crippen molar-refractivity contribution < 1.29 is 9.47 Å². The van der Waals surface area contributed by atoms with E-state index in [2.05, 4.69) is 10.6 Å². The monoisotopic (exact) mass is 316 g/mol. The number of hydrogen-bond donors (Lipinski definition) is 2. The quantitative estimate of drug-likeness (QED) is 0.632. The molecule has 22 heavy (non-hydrogen) atoms. The molecule has 0 atom stereocenters. The van der Waals surface area contributed by atoms with Crippen LogP contribution in [0.2, 0.25) is 0 Å². The fourth-order valence-corrected chi connectivity index (χ4v) is 2.10. The molecule has 0 unspecified atom stereocenters. The summed E-state index contributed by atoms with van der Waals surface area (Å²) in [5, 5.41) is 6.88. The SMILES string of the molecule is COc1ccc(OCCNC(=S)Nc2ccccc2C)cc1. The minimum Gasteiger partial charge on any atom is -0.497 e. The summed E-state index contributed by atoms with van der Waals surface area (Å²) in [6.07, 6.45) is 0. The zero-order valence-electron chi connectivity index (χ0n) is 12.8. The summed E-state index contributed by atoms with van der Waals surface area (Å²) in [5.74, 6) is 1.62. The number of anilines is 1. The maximum Gasteiger partial charge on any atom is 0.170 e. The van der Waals surface area contributed by atoms with Crippen LogP contribution >= 0.6 is 12.2 Å². The van der Waals surface area contributed by atoms with Crippen molar-refractivity contribution in [3.05, 3.63) is 54.1 Å². The van der Waals surface area contributed by atoms with E-state index in [0.717, 1.165) is 22.7 Å². The van der Waals surface area contributed by atoms with Gasteiger partial charge < -0.3 is 20.1 Å². The number of hydrogen-bond acceptors (Lipinski definition) is 3. The van der Waals surface area contributed by atoms with Crippen LogP contribution in [0.25, 0.3) is 0 Å². The molecule has 0 aliphatic heterocycles. The van der Waals surface area contributed by atoms with Gasteiger partial charge in [-0.3, -0.25) is 0 Å². The molecule has 0 fully saturated rings. The van der Waals surface area contributed by atoms with Crippen LogP contribution in [0.4, 0.5) is 5.69 Å². The third-order valence-corrected chi connectivity index (χ3v) is 3.36. The standard InChI is InChI=1S/C17H20N2O2S/c1-13-5-3-4-6-16(13)19-17(22)18-11-12-21-15-9-7-14(20-2)8-10-15/h3-10H,11-12H2,1-2H3,(H2,18,19,22). The average molecular weight is 316 g/mol. The number of ether oxygens (including phenoxy) is 2.